The zero-order valence-electron chi connectivity index (χ0n) is 15.8. The number of halogens is 2. The molecule has 7 heteroatoms. The largest absolute Gasteiger partial charge is 0.455 e. The minimum Gasteiger partial charge on any atom is -0.455 e. The molecular formula is C22H19ClFN3O2. The first kappa shape index (κ1) is 19.2. The molecule has 148 valence electrons. The lowest BCUT2D eigenvalue weighted by atomic mass is 9.93. The van der Waals surface area contributed by atoms with Crippen molar-refractivity contribution < 1.29 is 13.6 Å². The summed E-state index contributed by atoms with van der Waals surface area (Å²) in [6.45, 7) is 1.86. The fourth-order valence-corrected chi connectivity index (χ4v) is 3.60. The molecule has 29 heavy (non-hydrogen) atoms. The minimum absolute atomic E-state index is 0.270. The fraction of sp³-hybridized carbons (Fsp3) is 0.182. The van der Waals surface area contributed by atoms with E-state index in [4.69, 9.17) is 16.0 Å². The monoisotopic (exact) mass is 411 g/mol. The molecule has 1 amide bonds. The topological polar surface area (TPSA) is 66.6 Å². The van der Waals surface area contributed by atoms with Crippen molar-refractivity contribution >= 4 is 34.6 Å². The van der Waals surface area contributed by atoms with Crippen LogP contribution in [0.2, 0.25) is 5.02 Å². The van der Waals surface area contributed by atoms with Gasteiger partial charge in [0.05, 0.1) is 11.4 Å². The van der Waals surface area contributed by atoms with Crippen molar-refractivity contribution in [3.63, 3.8) is 0 Å². The molecular weight excluding hydrogens is 393 g/mol. The van der Waals surface area contributed by atoms with Gasteiger partial charge in [-0.1, -0.05) is 17.7 Å². The third kappa shape index (κ3) is 4.17. The van der Waals surface area contributed by atoms with Gasteiger partial charge < -0.3 is 9.73 Å². The highest BCUT2D eigenvalue weighted by Crippen LogP contribution is 2.30. The maximum absolute atomic E-state index is 13.1. The zero-order valence-corrected chi connectivity index (χ0v) is 16.5. The van der Waals surface area contributed by atoms with Crippen molar-refractivity contribution in [1.29, 1.82) is 0 Å². The van der Waals surface area contributed by atoms with Gasteiger partial charge in [0.1, 0.15) is 11.6 Å². The fourth-order valence-electron chi connectivity index (χ4n) is 3.41. The number of nitrogens with one attached hydrogen (secondary N) is 2. The zero-order chi connectivity index (χ0) is 20.4. The Morgan fingerprint density at radius 1 is 1.14 bits per heavy atom. The SMILES string of the molecule is Cc1c(C(=O)Nc2cccc(Cl)c2)oc2c1/C(=N/Nc1ccc(F)cc1)CCC2. The quantitative estimate of drug-likeness (QED) is 0.534. The third-order valence-corrected chi connectivity index (χ3v) is 5.01. The molecule has 0 radical (unpaired) electrons. The van der Waals surface area contributed by atoms with Crippen molar-refractivity contribution in [2.24, 2.45) is 5.10 Å². The summed E-state index contributed by atoms with van der Waals surface area (Å²) in [5.41, 5.74) is 6.68. The van der Waals surface area contributed by atoms with E-state index in [-0.39, 0.29) is 17.5 Å². The van der Waals surface area contributed by atoms with E-state index in [0.29, 0.717) is 16.4 Å². The maximum Gasteiger partial charge on any atom is 0.291 e. The van der Waals surface area contributed by atoms with Crippen LogP contribution in [0.1, 0.15) is 40.3 Å². The second-order valence-corrected chi connectivity index (χ2v) is 7.29. The van der Waals surface area contributed by atoms with E-state index in [1.807, 2.05) is 6.92 Å². The molecule has 1 aromatic heterocycles. The Hall–Kier alpha value is -3.12. The van der Waals surface area contributed by atoms with E-state index in [1.54, 1.807) is 36.4 Å². The predicted molar refractivity (Wildman–Crippen MR) is 112 cm³/mol. The Morgan fingerprint density at radius 2 is 1.93 bits per heavy atom. The van der Waals surface area contributed by atoms with Crippen LogP contribution in [0.25, 0.3) is 0 Å². The van der Waals surface area contributed by atoms with Crippen LogP contribution in [-0.2, 0) is 6.42 Å². The van der Waals surface area contributed by atoms with Crippen LogP contribution in [0.3, 0.4) is 0 Å². The maximum atomic E-state index is 13.1. The number of hydrogen-bond donors (Lipinski definition) is 2. The van der Waals surface area contributed by atoms with Gasteiger partial charge in [0.15, 0.2) is 5.76 Å². The smallest absolute Gasteiger partial charge is 0.291 e. The Balaban J connectivity index is 1.59. The first-order chi connectivity index (χ1) is 14.0. The van der Waals surface area contributed by atoms with E-state index >= 15 is 0 Å². The van der Waals surface area contributed by atoms with Gasteiger partial charge in [-0.05, 0) is 62.2 Å². The van der Waals surface area contributed by atoms with E-state index < -0.39 is 0 Å². The van der Waals surface area contributed by atoms with Gasteiger partial charge >= 0.3 is 0 Å². The number of aryl methyl sites for hydroxylation is 1. The summed E-state index contributed by atoms with van der Waals surface area (Å²) in [5.74, 6) is 0.394. The number of hydrazone groups is 1. The number of amides is 1. The first-order valence-corrected chi connectivity index (χ1v) is 9.67. The number of rotatable bonds is 4. The molecule has 0 fully saturated rings. The van der Waals surface area contributed by atoms with E-state index in [9.17, 15) is 9.18 Å². The summed E-state index contributed by atoms with van der Waals surface area (Å²) in [7, 11) is 0. The molecule has 0 spiro atoms. The van der Waals surface area contributed by atoms with Crippen LogP contribution in [-0.4, -0.2) is 11.6 Å². The number of hydrogen-bond acceptors (Lipinski definition) is 4. The van der Waals surface area contributed by atoms with Gasteiger partial charge in [0.25, 0.3) is 5.91 Å². The molecule has 5 nitrogen and oxygen atoms in total. The van der Waals surface area contributed by atoms with Gasteiger partial charge in [-0.15, -0.1) is 0 Å². The molecule has 2 aromatic carbocycles. The van der Waals surface area contributed by atoms with Crippen LogP contribution < -0.4 is 10.7 Å². The van der Waals surface area contributed by atoms with Crippen molar-refractivity contribution in [3.8, 4) is 0 Å². The Kier molecular flexibility index (Phi) is 5.36. The third-order valence-electron chi connectivity index (χ3n) is 4.78. The number of anilines is 2. The lowest BCUT2D eigenvalue weighted by Crippen LogP contribution is -2.14. The molecule has 1 aliphatic rings. The standard InChI is InChI=1S/C22H19ClFN3O2/c1-13-20-18(27-26-16-10-8-15(24)9-11-16)6-3-7-19(20)29-21(13)22(28)25-17-5-2-4-14(23)12-17/h2,4-5,8-12,26H,3,6-7H2,1H3,(H,25,28)/b27-18+. The van der Waals surface area contributed by atoms with Crippen molar-refractivity contribution in [2.75, 3.05) is 10.7 Å². The highest BCUT2D eigenvalue weighted by atomic mass is 35.5. The Bertz CT molecular complexity index is 1090. The Labute approximate surface area is 172 Å². The molecule has 1 heterocycles. The van der Waals surface area contributed by atoms with Crippen LogP contribution in [0.15, 0.2) is 58.0 Å². The molecule has 4 rings (SSSR count). The van der Waals surface area contributed by atoms with E-state index in [2.05, 4.69) is 15.8 Å². The van der Waals surface area contributed by atoms with Gasteiger partial charge in [0.2, 0.25) is 0 Å². The molecule has 0 atom stereocenters. The number of fused-ring (bicyclic) bond motifs is 1. The van der Waals surface area contributed by atoms with Gasteiger partial charge in [-0.2, -0.15) is 5.10 Å². The normalized spacial score (nSPS) is 14.5. The highest BCUT2D eigenvalue weighted by Gasteiger charge is 2.28. The molecule has 0 bridgehead atoms. The average molecular weight is 412 g/mol. The van der Waals surface area contributed by atoms with Crippen molar-refractivity contribution in [3.05, 3.63) is 82.0 Å². The van der Waals surface area contributed by atoms with Crippen molar-refractivity contribution in [2.45, 2.75) is 26.2 Å². The molecule has 0 aliphatic heterocycles. The summed E-state index contributed by atoms with van der Waals surface area (Å²) in [6.07, 6.45) is 2.38. The summed E-state index contributed by atoms with van der Waals surface area (Å²) < 4.78 is 19.0. The molecule has 3 aromatic rings. The number of carbonyl (C=O) groups is 1. The highest BCUT2D eigenvalue weighted by molar-refractivity contribution is 6.31. The average Bonchev–Trinajstić information content (AvgIpc) is 3.05. The number of nitrogens with zero attached hydrogens (tertiary/aromatic N) is 1. The van der Waals surface area contributed by atoms with Gasteiger partial charge in [-0.25, -0.2) is 4.39 Å². The number of furan rings is 1. The van der Waals surface area contributed by atoms with E-state index in [1.165, 1.54) is 12.1 Å². The second kappa shape index (κ2) is 8.09. The number of benzene rings is 2. The summed E-state index contributed by atoms with van der Waals surface area (Å²) >= 11 is 5.98. The minimum atomic E-state index is -0.329. The summed E-state index contributed by atoms with van der Waals surface area (Å²) in [6, 6.07) is 12.9. The predicted octanol–water partition coefficient (Wildman–Crippen LogP) is 5.79. The lowest BCUT2D eigenvalue weighted by molar-refractivity contribution is 0.0994. The van der Waals surface area contributed by atoms with Gasteiger partial charge in [-0.3, -0.25) is 10.2 Å². The lowest BCUT2D eigenvalue weighted by Gasteiger charge is -2.13. The first-order valence-electron chi connectivity index (χ1n) is 9.29. The van der Waals surface area contributed by atoms with Crippen LogP contribution in [0.5, 0.6) is 0 Å². The Morgan fingerprint density at radius 3 is 2.69 bits per heavy atom. The summed E-state index contributed by atoms with van der Waals surface area (Å²) in [5, 5.41) is 7.85. The van der Waals surface area contributed by atoms with Crippen LogP contribution >= 0.6 is 11.6 Å². The molecule has 0 saturated carbocycles. The molecule has 0 saturated heterocycles. The van der Waals surface area contributed by atoms with Gasteiger partial charge in [0, 0.05) is 28.3 Å². The summed E-state index contributed by atoms with van der Waals surface area (Å²) in [4.78, 5) is 12.7. The molecule has 0 unspecified atom stereocenters. The molecule has 2 N–H and O–H groups in total. The second-order valence-electron chi connectivity index (χ2n) is 6.85. The van der Waals surface area contributed by atoms with Crippen LogP contribution in [0, 0.1) is 12.7 Å². The van der Waals surface area contributed by atoms with E-state index in [0.717, 1.165) is 41.9 Å². The van der Waals surface area contributed by atoms with Crippen molar-refractivity contribution in [1.82, 2.24) is 0 Å². The van der Waals surface area contributed by atoms with Crippen LogP contribution in [0.4, 0.5) is 15.8 Å². The molecule has 1 aliphatic carbocycles. The number of carbonyl (C=O) groups excluding carboxylic acids is 1.